The lowest BCUT2D eigenvalue weighted by Crippen LogP contribution is -2.50. The van der Waals surface area contributed by atoms with Crippen LogP contribution in [0.3, 0.4) is 0 Å². The molecule has 3 atom stereocenters. The lowest BCUT2D eigenvalue weighted by molar-refractivity contribution is 0.0420. The molecule has 3 rings (SSSR count). The van der Waals surface area contributed by atoms with Gasteiger partial charge < -0.3 is 9.26 Å². The van der Waals surface area contributed by atoms with Gasteiger partial charge in [0.25, 0.3) is 0 Å². The maximum Gasteiger partial charge on any atom is 0.231 e. The summed E-state index contributed by atoms with van der Waals surface area (Å²) in [6.45, 7) is 2.75. The van der Waals surface area contributed by atoms with Crippen molar-refractivity contribution >= 4 is 10.0 Å². The van der Waals surface area contributed by atoms with Crippen LogP contribution in [0.4, 0.5) is 0 Å². The number of rotatable bonds is 2. The molecule has 2 fully saturated rings. The van der Waals surface area contributed by atoms with Crippen LogP contribution in [-0.2, 0) is 14.8 Å². The quantitative estimate of drug-likeness (QED) is 0.777. The van der Waals surface area contributed by atoms with Gasteiger partial charge in [-0.05, 0) is 19.8 Å². The zero-order chi connectivity index (χ0) is 13.6. The van der Waals surface area contributed by atoms with Crippen LogP contribution in [0, 0.1) is 6.92 Å². The number of piperidine rings is 1. The molecule has 8 heteroatoms. The summed E-state index contributed by atoms with van der Waals surface area (Å²) < 4.78 is 36.2. The van der Waals surface area contributed by atoms with E-state index in [1.807, 2.05) is 0 Å². The largest absolute Gasteiger partial charge is 0.376 e. The monoisotopic (exact) mass is 287 g/mol. The molecule has 1 aromatic heterocycles. The van der Waals surface area contributed by atoms with Crippen molar-refractivity contribution in [3.8, 4) is 0 Å². The van der Waals surface area contributed by atoms with Crippen LogP contribution in [0.5, 0.6) is 0 Å². The molecular formula is C11H17N3O4S. The van der Waals surface area contributed by atoms with E-state index in [2.05, 4.69) is 10.1 Å². The molecule has 0 unspecified atom stereocenters. The second-order valence-corrected chi connectivity index (χ2v) is 7.15. The Balaban J connectivity index is 1.89. The van der Waals surface area contributed by atoms with Gasteiger partial charge in [-0.3, -0.25) is 0 Å². The standard InChI is InChI=1S/C11H17N3O4S/c1-7-12-11(18-13-7)8-5-10-9(3-4-17-10)14(6-8)19(2,15)16/h8-10H,3-6H2,1-2H3/t8-,9+,10+/m0/s1. The molecule has 0 amide bonds. The minimum atomic E-state index is -3.25. The van der Waals surface area contributed by atoms with Gasteiger partial charge in [0.1, 0.15) is 0 Å². The summed E-state index contributed by atoms with van der Waals surface area (Å²) in [5, 5.41) is 3.77. The van der Waals surface area contributed by atoms with Gasteiger partial charge in [-0.25, -0.2) is 8.42 Å². The average Bonchev–Trinajstić information content (AvgIpc) is 2.94. The van der Waals surface area contributed by atoms with Gasteiger partial charge in [0.2, 0.25) is 15.9 Å². The Kier molecular flexibility index (Phi) is 3.11. The predicted molar refractivity (Wildman–Crippen MR) is 66.1 cm³/mol. The molecule has 2 aliphatic rings. The molecule has 106 valence electrons. The first kappa shape index (κ1) is 13.0. The van der Waals surface area contributed by atoms with Gasteiger partial charge in [-0.15, -0.1) is 0 Å². The van der Waals surface area contributed by atoms with Gasteiger partial charge in [-0.2, -0.15) is 9.29 Å². The highest BCUT2D eigenvalue weighted by Crippen LogP contribution is 2.36. The van der Waals surface area contributed by atoms with E-state index in [1.54, 1.807) is 6.92 Å². The van der Waals surface area contributed by atoms with E-state index in [9.17, 15) is 8.42 Å². The molecule has 0 bridgehead atoms. The normalized spacial score (nSPS) is 32.4. The summed E-state index contributed by atoms with van der Waals surface area (Å²) in [6, 6.07) is -0.0460. The molecule has 0 N–H and O–H groups in total. The minimum absolute atomic E-state index is 0.0460. The van der Waals surface area contributed by atoms with E-state index in [1.165, 1.54) is 10.6 Å². The molecule has 0 saturated carbocycles. The molecule has 7 nitrogen and oxygen atoms in total. The van der Waals surface area contributed by atoms with Crippen LogP contribution < -0.4 is 0 Å². The fourth-order valence-electron chi connectivity index (χ4n) is 2.94. The van der Waals surface area contributed by atoms with Gasteiger partial charge in [0, 0.05) is 13.2 Å². The first-order chi connectivity index (χ1) is 8.95. The molecule has 0 aliphatic carbocycles. The number of ether oxygens (including phenoxy) is 1. The van der Waals surface area contributed by atoms with Crippen molar-refractivity contribution in [2.45, 2.75) is 37.8 Å². The molecule has 0 radical (unpaired) electrons. The lowest BCUT2D eigenvalue weighted by atomic mass is 9.92. The summed E-state index contributed by atoms with van der Waals surface area (Å²) in [6.07, 6.45) is 2.66. The second-order valence-electron chi connectivity index (χ2n) is 5.21. The van der Waals surface area contributed by atoms with Crippen LogP contribution in [0.1, 0.15) is 30.5 Å². The highest BCUT2D eigenvalue weighted by molar-refractivity contribution is 7.88. The SMILES string of the molecule is Cc1noc([C@H]2C[C@H]3OCC[C@H]3N(S(C)(=O)=O)C2)n1. The van der Waals surface area contributed by atoms with E-state index >= 15 is 0 Å². The topological polar surface area (TPSA) is 85.5 Å². The zero-order valence-electron chi connectivity index (χ0n) is 10.9. The van der Waals surface area contributed by atoms with Crippen molar-refractivity contribution in [1.29, 1.82) is 0 Å². The first-order valence-corrected chi connectivity index (χ1v) is 8.18. The third-order valence-corrected chi connectivity index (χ3v) is 5.05. The number of nitrogens with zero attached hydrogens (tertiary/aromatic N) is 3. The smallest absolute Gasteiger partial charge is 0.231 e. The second kappa shape index (κ2) is 4.53. The van der Waals surface area contributed by atoms with E-state index in [4.69, 9.17) is 9.26 Å². The lowest BCUT2D eigenvalue weighted by Gasteiger charge is -2.37. The highest BCUT2D eigenvalue weighted by Gasteiger charge is 2.45. The van der Waals surface area contributed by atoms with E-state index in [0.29, 0.717) is 24.9 Å². The number of hydrogen-bond acceptors (Lipinski definition) is 6. The van der Waals surface area contributed by atoms with Crippen LogP contribution >= 0.6 is 0 Å². The number of aryl methyl sites for hydroxylation is 1. The fourth-order valence-corrected chi connectivity index (χ4v) is 4.12. The first-order valence-electron chi connectivity index (χ1n) is 6.34. The van der Waals surface area contributed by atoms with E-state index in [0.717, 1.165) is 12.8 Å². The summed E-state index contributed by atoms with van der Waals surface area (Å²) in [5.41, 5.74) is 0. The minimum Gasteiger partial charge on any atom is -0.376 e. The molecule has 2 saturated heterocycles. The highest BCUT2D eigenvalue weighted by atomic mass is 32.2. The third-order valence-electron chi connectivity index (χ3n) is 3.78. The molecule has 0 spiro atoms. The summed E-state index contributed by atoms with van der Waals surface area (Å²) in [7, 11) is -3.25. The van der Waals surface area contributed by atoms with Crippen molar-refractivity contribution in [3.63, 3.8) is 0 Å². The van der Waals surface area contributed by atoms with Crippen LogP contribution in [0.15, 0.2) is 4.52 Å². The Morgan fingerprint density at radius 2 is 2.21 bits per heavy atom. The Labute approximate surface area is 112 Å². The number of fused-ring (bicyclic) bond motifs is 1. The average molecular weight is 287 g/mol. The van der Waals surface area contributed by atoms with Crippen molar-refractivity contribution in [3.05, 3.63) is 11.7 Å². The summed E-state index contributed by atoms with van der Waals surface area (Å²) in [4.78, 5) is 4.21. The zero-order valence-corrected chi connectivity index (χ0v) is 11.8. The number of sulfonamides is 1. The molecular weight excluding hydrogens is 270 g/mol. The summed E-state index contributed by atoms with van der Waals surface area (Å²) >= 11 is 0. The Hall–Kier alpha value is -0.990. The van der Waals surface area contributed by atoms with Crippen LogP contribution in [-0.4, -0.2) is 54.4 Å². The Bertz CT molecular complexity index is 570. The maximum absolute atomic E-state index is 11.9. The fraction of sp³-hybridized carbons (Fsp3) is 0.818. The van der Waals surface area contributed by atoms with Crippen LogP contribution in [0.25, 0.3) is 0 Å². The van der Waals surface area contributed by atoms with Gasteiger partial charge in [0.15, 0.2) is 5.82 Å². The molecule has 1 aromatic rings. The van der Waals surface area contributed by atoms with E-state index in [-0.39, 0.29) is 18.1 Å². The molecule has 2 aliphatic heterocycles. The molecule has 19 heavy (non-hydrogen) atoms. The number of hydrogen-bond donors (Lipinski definition) is 0. The number of aromatic nitrogens is 2. The van der Waals surface area contributed by atoms with Crippen molar-refractivity contribution in [2.75, 3.05) is 19.4 Å². The Morgan fingerprint density at radius 1 is 1.42 bits per heavy atom. The van der Waals surface area contributed by atoms with Crippen LogP contribution in [0.2, 0.25) is 0 Å². The maximum atomic E-state index is 11.9. The van der Waals surface area contributed by atoms with Gasteiger partial charge in [0.05, 0.1) is 24.3 Å². The predicted octanol–water partition coefficient (Wildman–Crippen LogP) is 0.284. The molecule has 0 aromatic carbocycles. The molecule has 3 heterocycles. The van der Waals surface area contributed by atoms with Crippen molar-refractivity contribution in [1.82, 2.24) is 14.4 Å². The Morgan fingerprint density at radius 3 is 2.84 bits per heavy atom. The van der Waals surface area contributed by atoms with E-state index < -0.39 is 10.0 Å². The van der Waals surface area contributed by atoms with Crippen molar-refractivity contribution < 1.29 is 17.7 Å². The van der Waals surface area contributed by atoms with Crippen molar-refractivity contribution in [2.24, 2.45) is 0 Å². The third kappa shape index (κ3) is 2.39. The van der Waals surface area contributed by atoms with Gasteiger partial charge in [-0.1, -0.05) is 5.16 Å². The van der Waals surface area contributed by atoms with Gasteiger partial charge >= 0.3 is 0 Å². The summed E-state index contributed by atoms with van der Waals surface area (Å²) in [5.74, 6) is 0.978.